The lowest BCUT2D eigenvalue weighted by molar-refractivity contribution is -0.124. The van der Waals surface area contributed by atoms with E-state index in [1.807, 2.05) is 13.8 Å². The number of aldehydes is 1. The van der Waals surface area contributed by atoms with Crippen molar-refractivity contribution < 1.29 is 14.3 Å². The van der Waals surface area contributed by atoms with Gasteiger partial charge in [0.2, 0.25) is 0 Å². The van der Waals surface area contributed by atoms with Crippen molar-refractivity contribution in [2.45, 2.75) is 26.3 Å². The molecule has 0 saturated carbocycles. The van der Waals surface area contributed by atoms with Crippen LogP contribution in [-0.2, 0) is 4.79 Å². The molecule has 21 heavy (non-hydrogen) atoms. The highest BCUT2D eigenvalue weighted by Crippen LogP contribution is 2.21. The zero-order valence-electron chi connectivity index (χ0n) is 12.1. The summed E-state index contributed by atoms with van der Waals surface area (Å²) in [6.07, 6.45) is 0.658. The third-order valence-corrected chi connectivity index (χ3v) is 3.74. The molecule has 0 spiro atoms. The van der Waals surface area contributed by atoms with Crippen LogP contribution in [0.1, 0.15) is 31.1 Å². The molecule has 0 aliphatic carbocycles. The van der Waals surface area contributed by atoms with Gasteiger partial charge in [0.05, 0.1) is 11.6 Å². The molecule has 1 aromatic rings. The Hall–Kier alpha value is -1.87. The van der Waals surface area contributed by atoms with E-state index in [0.29, 0.717) is 17.6 Å². The molecule has 1 rings (SSSR count). The molecular weight excluding hydrogens is 336 g/mol. The average Bonchev–Trinajstić information content (AvgIpc) is 2.45. The first kappa shape index (κ1) is 17.2. The summed E-state index contributed by atoms with van der Waals surface area (Å²) in [6.45, 7) is 5.10. The number of nitrogens with zero attached hydrogens (tertiary/aromatic N) is 1. The van der Waals surface area contributed by atoms with E-state index in [-0.39, 0.29) is 12.5 Å². The van der Waals surface area contributed by atoms with Gasteiger partial charge in [0.25, 0.3) is 5.91 Å². The average molecular weight is 353 g/mol. The lowest BCUT2D eigenvalue weighted by Crippen LogP contribution is -2.50. The van der Waals surface area contributed by atoms with Crippen LogP contribution in [0.15, 0.2) is 22.7 Å². The van der Waals surface area contributed by atoms with Crippen molar-refractivity contribution >= 4 is 28.1 Å². The van der Waals surface area contributed by atoms with Gasteiger partial charge in [-0.15, -0.1) is 0 Å². The van der Waals surface area contributed by atoms with Gasteiger partial charge in [0.1, 0.15) is 11.3 Å². The normalized spacial score (nSPS) is 13.1. The molecule has 0 saturated heterocycles. The molecule has 1 aromatic carbocycles. The summed E-state index contributed by atoms with van der Waals surface area (Å²) in [7, 11) is 0. The van der Waals surface area contributed by atoms with Gasteiger partial charge >= 0.3 is 0 Å². The maximum absolute atomic E-state index is 11.9. The number of amides is 1. The van der Waals surface area contributed by atoms with Crippen LogP contribution in [0.2, 0.25) is 0 Å². The number of carbonyl (C=O) groups is 2. The Kier molecular flexibility index (Phi) is 5.91. The van der Waals surface area contributed by atoms with Gasteiger partial charge in [-0.05, 0) is 31.0 Å². The number of rotatable bonds is 6. The highest BCUT2D eigenvalue weighted by molar-refractivity contribution is 9.10. The van der Waals surface area contributed by atoms with E-state index in [2.05, 4.69) is 27.3 Å². The van der Waals surface area contributed by atoms with E-state index >= 15 is 0 Å². The molecule has 0 heterocycles. The third kappa shape index (κ3) is 4.57. The molecule has 6 heteroatoms. The number of nitriles is 1. The lowest BCUT2D eigenvalue weighted by Gasteiger charge is -2.27. The zero-order chi connectivity index (χ0) is 16.0. The quantitative estimate of drug-likeness (QED) is 0.798. The zero-order valence-corrected chi connectivity index (χ0v) is 13.7. The molecule has 1 N–H and O–H groups in total. The molecule has 1 atom stereocenters. The fourth-order valence-corrected chi connectivity index (χ4v) is 1.89. The summed E-state index contributed by atoms with van der Waals surface area (Å²) < 4.78 is 6.09. The summed E-state index contributed by atoms with van der Waals surface area (Å²) in [4.78, 5) is 22.8. The van der Waals surface area contributed by atoms with Gasteiger partial charge in [-0.1, -0.05) is 29.8 Å². The first-order chi connectivity index (χ1) is 9.82. The Morgan fingerprint density at radius 2 is 2.24 bits per heavy atom. The minimum atomic E-state index is -0.951. The standard InChI is InChI=1S/C15H17BrN2O3/c1-10(2)15(3,9-17)18-14(20)8-21-13-5-4-12(16)6-11(13)7-19/h4-7,10H,8H2,1-3H3,(H,18,20)/t15-/m1/s1. The molecule has 112 valence electrons. The Labute approximate surface area is 132 Å². The largest absolute Gasteiger partial charge is 0.483 e. The lowest BCUT2D eigenvalue weighted by atomic mass is 9.90. The Morgan fingerprint density at radius 1 is 1.57 bits per heavy atom. The van der Waals surface area contributed by atoms with Crippen LogP contribution in [0, 0.1) is 17.2 Å². The van der Waals surface area contributed by atoms with E-state index in [1.165, 1.54) is 0 Å². The first-order valence-corrected chi connectivity index (χ1v) is 7.21. The van der Waals surface area contributed by atoms with Crippen molar-refractivity contribution in [3.05, 3.63) is 28.2 Å². The molecule has 0 unspecified atom stereocenters. The number of halogens is 1. The van der Waals surface area contributed by atoms with Crippen LogP contribution in [0.25, 0.3) is 0 Å². The van der Waals surface area contributed by atoms with Crippen LogP contribution in [0.4, 0.5) is 0 Å². The third-order valence-electron chi connectivity index (χ3n) is 3.24. The van der Waals surface area contributed by atoms with Crippen LogP contribution in [0.3, 0.4) is 0 Å². The molecule has 0 aliphatic rings. The highest BCUT2D eigenvalue weighted by atomic mass is 79.9. The molecular formula is C15H17BrN2O3. The maximum atomic E-state index is 11.9. The van der Waals surface area contributed by atoms with E-state index in [1.54, 1.807) is 25.1 Å². The van der Waals surface area contributed by atoms with Crippen molar-refractivity contribution in [3.8, 4) is 11.8 Å². The summed E-state index contributed by atoms with van der Waals surface area (Å²) in [5.41, 5.74) is -0.600. The van der Waals surface area contributed by atoms with E-state index in [4.69, 9.17) is 10.00 Å². The number of carbonyl (C=O) groups excluding carboxylic acids is 2. The number of hydrogen-bond acceptors (Lipinski definition) is 4. The molecule has 0 fully saturated rings. The van der Waals surface area contributed by atoms with Gasteiger partial charge in [-0.2, -0.15) is 5.26 Å². The van der Waals surface area contributed by atoms with Crippen molar-refractivity contribution in [2.75, 3.05) is 6.61 Å². The maximum Gasteiger partial charge on any atom is 0.259 e. The first-order valence-electron chi connectivity index (χ1n) is 6.42. The molecule has 0 aromatic heterocycles. The fraction of sp³-hybridized carbons (Fsp3) is 0.400. The summed E-state index contributed by atoms with van der Waals surface area (Å²) in [5, 5.41) is 11.8. The van der Waals surface area contributed by atoms with Gasteiger partial charge < -0.3 is 10.1 Å². The molecule has 0 aliphatic heterocycles. The van der Waals surface area contributed by atoms with Crippen molar-refractivity contribution in [1.29, 1.82) is 5.26 Å². The van der Waals surface area contributed by atoms with Gasteiger partial charge in [-0.25, -0.2) is 0 Å². The van der Waals surface area contributed by atoms with Crippen molar-refractivity contribution in [1.82, 2.24) is 5.32 Å². The Balaban J connectivity index is 2.70. The Morgan fingerprint density at radius 3 is 2.76 bits per heavy atom. The minimum absolute atomic E-state index is 0.0373. The Bertz CT molecular complexity index is 581. The predicted molar refractivity (Wildman–Crippen MR) is 82.0 cm³/mol. The van der Waals surface area contributed by atoms with Crippen LogP contribution < -0.4 is 10.1 Å². The molecule has 0 radical (unpaired) electrons. The monoisotopic (exact) mass is 352 g/mol. The van der Waals surface area contributed by atoms with Crippen LogP contribution in [-0.4, -0.2) is 24.3 Å². The fourth-order valence-electron chi connectivity index (χ4n) is 1.51. The van der Waals surface area contributed by atoms with E-state index < -0.39 is 11.4 Å². The summed E-state index contributed by atoms with van der Waals surface area (Å²) in [5.74, 6) is -0.122. The smallest absolute Gasteiger partial charge is 0.259 e. The summed E-state index contributed by atoms with van der Waals surface area (Å²) in [6, 6.07) is 7.01. The minimum Gasteiger partial charge on any atom is -0.483 e. The van der Waals surface area contributed by atoms with Gasteiger partial charge in [0, 0.05) is 4.47 Å². The second-order valence-electron chi connectivity index (χ2n) is 5.11. The number of benzene rings is 1. The summed E-state index contributed by atoms with van der Waals surface area (Å²) >= 11 is 3.25. The highest BCUT2D eigenvalue weighted by Gasteiger charge is 2.30. The van der Waals surface area contributed by atoms with Crippen molar-refractivity contribution in [3.63, 3.8) is 0 Å². The van der Waals surface area contributed by atoms with Gasteiger partial charge in [-0.3, -0.25) is 9.59 Å². The number of ether oxygens (including phenoxy) is 1. The second kappa shape index (κ2) is 7.23. The predicted octanol–water partition coefficient (Wildman–Crippen LogP) is 2.69. The molecule has 5 nitrogen and oxygen atoms in total. The molecule has 0 bridgehead atoms. The van der Waals surface area contributed by atoms with Gasteiger partial charge in [0.15, 0.2) is 12.9 Å². The topological polar surface area (TPSA) is 79.2 Å². The number of hydrogen-bond donors (Lipinski definition) is 1. The van der Waals surface area contributed by atoms with E-state index in [9.17, 15) is 9.59 Å². The molecule has 1 amide bonds. The van der Waals surface area contributed by atoms with Crippen LogP contribution >= 0.6 is 15.9 Å². The van der Waals surface area contributed by atoms with E-state index in [0.717, 1.165) is 4.47 Å². The number of nitrogens with one attached hydrogen (secondary N) is 1. The van der Waals surface area contributed by atoms with Crippen LogP contribution in [0.5, 0.6) is 5.75 Å². The van der Waals surface area contributed by atoms with Crippen molar-refractivity contribution in [2.24, 2.45) is 5.92 Å². The SMILES string of the molecule is CC(C)[C@@](C)(C#N)NC(=O)COc1ccc(Br)cc1C=O. The second-order valence-corrected chi connectivity index (χ2v) is 6.02.